The van der Waals surface area contributed by atoms with Gasteiger partial charge in [0.1, 0.15) is 0 Å². The molecule has 0 aromatic rings. The van der Waals surface area contributed by atoms with E-state index in [4.69, 9.17) is 18.9 Å². The lowest BCUT2D eigenvalue weighted by atomic mass is 9.91. The van der Waals surface area contributed by atoms with Crippen LogP contribution in [-0.4, -0.2) is 57.2 Å². The van der Waals surface area contributed by atoms with Crippen molar-refractivity contribution in [2.24, 2.45) is 0 Å². The van der Waals surface area contributed by atoms with E-state index in [0.29, 0.717) is 31.3 Å². The quantitative estimate of drug-likeness (QED) is 0.432. The first kappa shape index (κ1) is 16.4. The first-order chi connectivity index (χ1) is 8.79. The molecule has 0 bridgehead atoms. The number of hydrogen-bond acceptors (Lipinski definition) is 4. The Morgan fingerprint density at radius 3 is 2.50 bits per heavy atom. The molecule has 4 nitrogen and oxygen atoms in total. The van der Waals surface area contributed by atoms with Gasteiger partial charge in [0.05, 0.1) is 38.6 Å². The average molecular weight is 325 g/mol. The minimum Gasteiger partial charge on any atom is -0.382 e. The number of hydrogen-bond donors (Lipinski definition) is 0. The van der Waals surface area contributed by atoms with Crippen molar-refractivity contribution in [1.29, 1.82) is 0 Å². The summed E-state index contributed by atoms with van der Waals surface area (Å²) in [7, 11) is 1.68. The summed E-state index contributed by atoms with van der Waals surface area (Å²) in [6.07, 6.45) is 3.64. The summed E-state index contributed by atoms with van der Waals surface area (Å²) in [6.45, 7) is 5.57. The van der Waals surface area contributed by atoms with Gasteiger partial charge in [0, 0.05) is 18.5 Å². The minimum atomic E-state index is 0.149. The molecule has 0 heterocycles. The van der Waals surface area contributed by atoms with E-state index in [0.717, 1.165) is 19.4 Å². The molecule has 5 heteroatoms. The zero-order chi connectivity index (χ0) is 13.2. The fourth-order valence-corrected chi connectivity index (χ4v) is 2.64. The number of alkyl halides is 1. The maximum Gasteiger partial charge on any atom is 0.0963 e. The first-order valence-corrected chi connectivity index (χ1v) is 7.65. The number of halogens is 1. The van der Waals surface area contributed by atoms with Crippen molar-refractivity contribution < 1.29 is 18.9 Å². The summed E-state index contributed by atoms with van der Waals surface area (Å²) in [4.78, 5) is 0.403. The van der Waals surface area contributed by atoms with Gasteiger partial charge in [-0.1, -0.05) is 29.3 Å². The Balaban J connectivity index is 2.00. The Hall–Kier alpha value is 0.320. The average Bonchev–Trinajstić information content (AvgIpc) is 2.37. The third-order valence-corrected chi connectivity index (χ3v) is 3.87. The van der Waals surface area contributed by atoms with Crippen molar-refractivity contribution in [3.8, 4) is 0 Å². The zero-order valence-corrected chi connectivity index (χ0v) is 13.0. The van der Waals surface area contributed by atoms with Gasteiger partial charge in [0.25, 0.3) is 0 Å². The van der Waals surface area contributed by atoms with Crippen LogP contribution in [0.25, 0.3) is 0 Å². The molecule has 1 saturated carbocycles. The summed E-state index contributed by atoms with van der Waals surface area (Å²) in [5.41, 5.74) is 0. The van der Waals surface area contributed by atoms with Crippen LogP contribution in [0.1, 0.15) is 26.2 Å². The van der Waals surface area contributed by atoms with E-state index in [1.165, 1.54) is 6.42 Å². The molecule has 108 valence electrons. The largest absolute Gasteiger partial charge is 0.382 e. The van der Waals surface area contributed by atoms with Crippen LogP contribution in [0.2, 0.25) is 0 Å². The summed E-state index contributed by atoms with van der Waals surface area (Å²) in [5.74, 6) is 0. The number of rotatable bonds is 11. The smallest absolute Gasteiger partial charge is 0.0963 e. The van der Waals surface area contributed by atoms with E-state index in [1.54, 1.807) is 7.11 Å². The fraction of sp³-hybridized carbons (Fsp3) is 1.00. The van der Waals surface area contributed by atoms with Crippen molar-refractivity contribution in [1.82, 2.24) is 0 Å². The van der Waals surface area contributed by atoms with E-state index >= 15 is 0 Å². The molecule has 0 amide bonds. The monoisotopic (exact) mass is 324 g/mol. The van der Waals surface area contributed by atoms with Crippen LogP contribution in [0.5, 0.6) is 0 Å². The highest BCUT2D eigenvalue weighted by molar-refractivity contribution is 9.09. The molecule has 0 aromatic carbocycles. The number of unbranched alkanes of at least 4 members (excludes halogenated alkanes) is 1. The molecule has 1 fully saturated rings. The summed E-state index contributed by atoms with van der Waals surface area (Å²) >= 11 is 3.59. The van der Waals surface area contributed by atoms with Gasteiger partial charge in [-0.25, -0.2) is 0 Å². The van der Waals surface area contributed by atoms with Crippen molar-refractivity contribution >= 4 is 15.9 Å². The lowest BCUT2D eigenvalue weighted by molar-refractivity contribution is -0.133. The van der Waals surface area contributed by atoms with Crippen molar-refractivity contribution in [2.45, 2.75) is 43.2 Å². The molecule has 0 spiro atoms. The predicted octanol–water partition coefficient (Wildman–Crippen LogP) is 2.39. The molecular formula is C13H25BrO4. The second-order valence-corrected chi connectivity index (χ2v) is 5.63. The molecule has 3 unspecified atom stereocenters. The van der Waals surface area contributed by atoms with Crippen LogP contribution in [0.4, 0.5) is 0 Å². The predicted molar refractivity (Wildman–Crippen MR) is 74.4 cm³/mol. The van der Waals surface area contributed by atoms with Gasteiger partial charge >= 0.3 is 0 Å². The van der Waals surface area contributed by atoms with Gasteiger partial charge in [-0.3, -0.25) is 0 Å². The highest BCUT2D eigenvalue weighted by Crippen LogP contribution is 2.33. The first-order valence-electron chi connectivity index (χ1n) is 6.73. The van der Waals surface area contributed by atoms with Crippen LogP contribution >= 0.6 is 15.9 Å². The highest BCUT2D eigenvalue weighted by atomic mass is 79.9. The van der Waals surface area contributed by atoms with Gasteiger partial charge in [-0.05, 0) is 12.8 Å². The third kappa shape index (κ3) is 5.97. The fourth-order valence-electron chi connectivity index (χ4n) is 1.78. The molecule has 0 saturated heterocycles. The zero-order valence-electron chi connectivity index (χ0n) is 11.4. The van der Waals surface area contributed by atoms with Crippen LogP contribution in [0.15, 0.2) is 0 Å². The molecule has 0 aliphatic heterocycles. The Morgan fingerprint density at radius 2 is 1.83 bits per heavy atom. The van der Waals surface area contributed by atoms with Crippen LogP contribution < -0.4 is 0 Å². The Labute approximate surface area is 118 Å². The Bertz CT molecular complexity index is 203. The third-order valence-electron chi connectivity index (χ3n) is 2.98. The summed E-state index contributed by atoms with van der Waals surface area (Å²) < 4.78 is 21.9. The van der Waals surface area contributed by atoms with E-state index < -0.39 is 0 Å². The van der Waals surface area contributed by atoms with Crippen molar-refractivity contribution in [2.75, 3.05) is 40.1 Å². The standard InChI is InChI=1S/C13H25BrO4/c1-3-4-5-16-7-9-17-12-10-11(14)13(12)18-8-6-15-2/h11-13H,3-10H2,1-2H3. The van der Waals surface area contributed by atoms with E-state index in [1.807, 2.05) is 0 Å². The molecular weight excluding hydrogens is 300 g/mol. The lowest BCUT2D eigenvalue weighted by Crippen LogP contribution is -2.51. The Kier molecular flexibility index (Phi) is 9.23. The second-order valence-electron chi connectivity index (χ2n) is 4.46. The summed E-state index contributed by atoms with van der Waals surface area (Å²) in [6, 6.07) is 0. The maximum absolute atomic E-state index is 5.75. The van der Waals surface area contributed by atoms with E-state index in [9.17, 15) is 0 Å². The molecule has 0 aromatic heterocycles. The molecule has 0 N–H and O–H groups in total. The molecule has 1 rings (SSSR count). The summed E-state index contributed by atoms with van der Waals surface area (Å²) in [5, 5.41) is 0. The molecule has 0 radical (unpaired) electrons. The van der Waals surface area contributed by atoms with Gasteiger partial charge in [-0.2, -0.15) is 0 Å². The van der Waals surface area contributed by atoms with Gasteiger partial charge < -0.3 is 18.9 Å². The van der Waals surface area contributed by atoms with Crippen molar-refractivity contribution in [3.05, 3.63) is 0 Å². The highest BCUT2D eigenvalue weighted by Gasteiger charge is 2.41. The Morgan fingerprint density at radius 1 is 1.06 bits per heavy atom. The van der Waals surface area contributed by atoms with E-state index in [-0.39, 0.29) is 12.2 Å². The maximum atomic E-state index is 5.75. The molecule has 3 atom stereocenters. The minimum absolute atomic E-state index is 0.149. The van der Waals surface area contributed by atoms with Gasteiger partial charge in [-0.15, -0.1) is 0 Å². The topological polar surface area (TPSA) is 36.9 Å². The SMILES string of the molecule is CCCCOCCOC1CC(Br)C1OCCOC. The molecule has 1 aliphatic rings. The van der Waals surface area contributed by atoms with Crippen molar-refractivity contribution in [3.63, 3.8) is 0 Å². The molecule has 18 heavy (non-hydrogen) atoms. The van der Waals surface area contributed by atoms with Gasteiger partial charge in [0.15, 0.2) is 0 Å². The van der Waals surface area contributed by atoms with Gasteiger partial charge in [0.2, 0.25) is 0 Å². The normalized spacial score (nSPS) is 27.2. The number of methoxy groups -OCH3 is 1. The van der Waals surface area contributed by atoms with E-state index in [2.05, 4.69) is 22.9 Å². The lowest BCUT2D eigenvalue weighted by Gasteiger charge is -2.40. The van der Waals surface area contributed by atoms with Crippen LogP contribution in [0, 0.1) is 0 Å². The van der Waals surface area contributed by atoms with Crippen LogP contribution in [-0.2, 0) is 18.9 Å². The second kappa shape index (κ2) is 10.1. The number of ether oxygens (including phenoxy) is 4. The van der Waals surface area contributed by atoms with Crippen LogP contribution in [0.3, 0.4) is 0 Å². The molecule has 1 aliphatic carbocycles.